The SMILES string of the molecule is O=C(O)CCCCCNC(=O)c1cnc2n(c1=O)CCS2. The van der Waals surface area contributed by atoms with E-state index in [0.717, 1.165) is 12.2 Å². The number of fused-ring (bicyclic) bond motifs is 1. The van der Waals surface area contributed by atoms with Crippen LogP contribution in [0.15, 0.2) is 16.1 Å². The number of unbranched alkanes of at least 4 members (excludes halogenated alkanes) is 2. The third-order valence-electron chi connectivity index (χ3n) is 3.15. The van der Waals surface area contributed by atoms with Gasteiger partial charge in [-0.15, -0.1) is 0 Å². The first kappa shape index (κ1) is 15.6. The highest BCUT2D eigenvalue weighted by Gasteiger charge is 2.19. The molecule has 8 heteroatoms. The number of nitrogens with zero attached hydrogens (tertiary/aromatic N) is 2. The van der Waals surface area contributed by atoms with E-state index in [1.54, 1.807) is 0 Å². The van der Waals surface area contributed by atoms with Gasteiger partial charge in [-0.1, -0.05) is 18.2 Å². The van der Waals surface area contributed by atoms with Crippen LogP contribution in [-0.2, 0) is 11.3 Å². The first-order chi connectivity index (χ1) is 10.1. The summed E-state index contributed by atoms with van der Waals surface area (Å²) in [5.41, 5.74) is -0.236. The Hall–Kier alpha value is -1.83. The first-order valence-corrected chi connectivity index (χ1v) is 7.81. The van der Waals surface area contributed by atoms with E-state index < -0.39 is 11.9 Å². The zero-order chi connectivity index (χ0) is 15.2. The van der Waals surface area contributed by atoms with Crippen LogP contribution in [0, 0.1) is 0 Å². The van der Waals surface area contributed by atoms with Gasteiger partial charge in [0, 0.05) is 31.5 Å². The molecule has 0 saturated heterocycles. The van der Waals surface area contributed by atoms with Crippen molar-refractivity contribution < 1.29 is 14.7 Å². The molecule has 0 saturated carbocycles. The molecular formula is C13H17N3O4S. The van der Waals surface area contributed by atoms with Gasteiger partial charge in [0.15, 0.2) is 5.16 Å². The molecule has 2 rings (SSSR count). The number of rotatable bonds is 7. The summed E-state index contributed by atoms with van der Waals surface area (Å²) in [6.07, 6.45) is 3.47. The molecule has 1 amide bonds. The van der Waals surface area contributed by atoms with Gasteiger partial charge in [0.1, 0.15) is 5.56 Å². The molecule has 0 unspecified atom stereocenters. The Morgan fingerprint density at radius 3 is 2.95 bits per heavy atom. The second-order valence-corrected chi connectivity index (χ2v) is 5.78. The van der Waals surface area contributed by atoms with Gasteiger partial charge in [-0.25, -0.2) is 4.98 Å². The van der Waals surface area contributed by atoms with Crippen LogP contribution in [0.4, 0.5) is 0 Å². The van der Waals surface area contributed by atoms with Crippen molar-refractivity contribution >= 4 is 23.6 Å². The zero-order valence-corrected chi connectivity index (χ0v) is 12.3. The van der Waals surface area contributed by atoms with Crippen LogP contribution in [0.1, 0.15) is 36.0 Å². The molecule has 1 aliphatic rings. The molecule has 0 aliphatic carbocycles. The van der Waals surface area contributed by atoms with Crippen LogP contribution in [-0.4, -0.2) is 38.8 Å². The molecule has 21 heavy (non-hydrogen) atoms. The highest BCUT2D eigenvalue weighted by molar-refractivity contribution is 7.99. The molecule has 114 valence electrons. The van der Waals surface area contributed by atoms with E-state index in [-0.39, 0.29) is 17.5 Å². The van der Waals surface area contributed by atoms with E-state index in [1.807, 2.05) is 0 Å². The van der Waals surface area contributed by atoms with Crippen LogP contribution >= 0.6 is 11.8 Å². The molecule has 1 aromatic rings. The minimum Gasteiger partial charge on any atom is -0.481 e. The van der Waals surface area contributed by atoms with Gasteiger partial charge >= 0.3 is 5.97 Å². The smallest absolute Gasteiger partial charge is 0.303 e. The number of carbonyl (C=O) groups is 2. The molecule has 1 aliphatic heterocycles. The topological polar surface area (TPSA) is 101 Å². The van der Waals surface area contributed by atoms with Crippen molar-refractivity contribution in [2.24, 2.45) is 0 Å². The predicted molar refractivity (Wildman–Crippen MR) is 77.7 cm³/mol. The lowest BCUT2D eigenvalue weighted by Crippen LogP contribution is -2.33. The lowest BCUT2D eigenvalue weighted by Gasteiger charge is -2.06. The highest BCUT2D eigenvalue weighted by Crippen LogP contribution is 2.20. The first-order valence-electron chi connectivity index (χ1n) is 6.82. The molecule has 2 N–H and O–H groups in total. The Labute approximate surface area is 125 Å². The van der Waals surface area contributed by atoms with E-state index in [0.29, 0.717) is 31.1 Å². The number of thioether (sulfide) groups is 1. The fourth-order valence-electron chi connectivity index (χ4n) is 2.05. The zero-order valence-electron chi connectivity index (χ0n) is 11.5. The Bertz CT molecular complexity index is 600. The Kier molecular flexibility index (Phi) is 5.38. The van der Waals surface area contributed by atoms with E-state index in [2.05, 4.69) is 10.3 Å². The summed E-state index contributed by atoms with van der Waals surface area (Å²) in [4.78, 5) is 38.5. The molecule has 0 aromatic carbocycles. The Morgan fingerprint density at radius 1 is 1.38 bits per heavy atom. The van der Waals surface area contributed by atoms with E-state index in [1.165, 1.54) is 22.5 Å². The van der Waals surface area contributed by atoms with Gasteiger partial charge in [0.2, 0.25) is 0 Å². The number of hydrogen-bond donors (Lipinski definition) is 2. The van der Waals surface area contributed by atoms with Crippen molar-refractivity contribution in [1.29, 1.82) is 0 Å². The number of amides is 1. The minimum absolute atomic E-state index is 0.0618. The quantitative estimate of drug-likeness (QED) is 0.568. The van der Waals surface area contributed by atoms with Gasteiger partial charge in [-0.05, 0) is 12.8 Å². The average molecular weight is 311 g/mol. The average Bonchev–Trinajstić information content (AvgIpc) is 2.92. The molecule has 1 aromatic heterocycles. The lowest BCUT2D eigenvalue weighted by atomic mass is 10.2. The number of carboxylic acid groups (broad SMARTS) is 1. The fraction of sp³-hybridized carbons (Fsp3) is 0.538. The van der Waals surface area contributed by atoms with Crippen molar-refractivity contribution in [3.05, 3.63) is 22.1 Å². The normalized spacial score (nSPS) is 13.0. The van der Waals surface area contributed by atoms with Crippen LogP contribution in [0.25, 0.3) is 0 Å². The maximum Gasteiger partial charge on any atom is 0.303 e. The van der Waals surface area contributed by atoms with Gasteiger partial charge < -0.3 is 10.4 Å². The van der Waals surface area contributed by atoms with Crippen LogP contribution in [0.5, 0.6) is 0 Å². The van der Waals surface area contributed by atoms with Crippen molar-refractivity contribution in [3.63, 3.8) is 0 Å². The van der Waals surface area contributed by atoms with Gasteiger partial charge in [-0.2, -0.15) is 0 Å². The van der Waals surface area contributed by atoms with Crippen LogP contribution in [0.3, 0.4) is 0 Å². The molecule has 0 spiro atoms. The fourth-order valence-corrected chi connectivity index (χ4v) is 2.96. The Morgan fingerprint density at radius 2 is 2.19 bits per heavy atom. The number of carbonyl (C=O) groups excluding carboxylic acids is 1. The monoisotopic (exact) mass is 311 g/mol. The third-order valence-corrected chi connectivity index (χ3v) is 4.12. The number of hydrogen-bond acceptors (Lipinski definition) is 5. The lowest BCUT2D eigenvalue weighted by molar-refractivity contribution is -0.137. The minimum atomic E-state index is -0.811. The van der Waals surface area contributed by atoms with Crippen LogP contribution < -0.4 is 10.9 Å². The molecule has 0 fully saturated rings. The van der Waals surface area contributed by atoms with Crippen molar-refractivity contribution in [2.45, 2.75) is 37.4 Å². The van der Waals surface area contributed by atoms with E-state index in [4.69, 9.17) is 5.11 Å². The summed E-state index contributed by atoms with van der Waals surface area (Å²) in [5, 5.41) is 11.8. The van der Waals surface area contributed by atoms with Gasteiger partial charge in [0.25, 0.3) is 11.5 Å². The van der Waals surface area contributed by atoms with Gasteiger partial charge in [0.05, 0.1) is 0 Å². The van der Waals surface area contributed by atoms with Gasteiger partial charge in [-0.3, -0.25) is 19.0 Å². The Balaban J connectivity index is 1.82. The summed E-state index contributed by atoms with van der Waals surface area (Å²) >= 11 is 1.50. The largest absolute Gasteiger partial charge is 0.481 e. The summed E-state index contributed by atoms with van der Waals surface area (Å²) in [7, 11) is 0. The number of aromatic nitrogens is 2. The van der Waals surface area contributed by atoms with E-state index in [9.17, 15) is 14.4 Å². The maximum absolute atomic E-state index is 12.1. The van der Waals surface area contributed by atoms with Crippen molar-refractivity contribution in [1.82, 2.24) is 14.9 Å². The van der Waals surface area contributed by atoms with Crippen molar-refractivity contribution in [2.75, 3.05) is 12.3 Å². The molecule has 0 bridgehead atoms. The maximum atomic E-state index is 12.1. The number of nitrogens with one attached hydrogen (secondary N) is 1. The van der Waals surface area contributed by atoms with E-state index >= 15 is 0 Å². The molecule has 2 heterocycles. The van der Waals surface area contributed by atoms with Crippen LogP contribution in [0.2, 0.25) is 0 Å². The standard InChI is InChI=1S/C13H17N3O4S/c17-10(18)4-2-1-3-5-14-11(19)9-8-15-13-16(12(9)20)6-7-21-13/h8H,1-7H2,(H,14,19)(H,17,18). The number of aliphatic carboxylic acids is 1. The summed E-state index contributed by atoms with van der Waals surface area (Å²) in [5.74, 6) is -0.427. The highest BCUT2D eigenvalue weighted by atomic mass is 32.2. The summed E-state index contributed by atoms with van der Waals surface area (Å²) in [6, 6.07) is 0. The predicted octanol–water partition coefficient (Wildman–Crippen LogP) is 0.724. The number of carboxylic acids is 1. The summed E-state index contributed by atoms with van der Waals surface area (Å²) in [6.45, 7) is 1.01. The molecule has 7 nitrogen and oxygen atoms in total. The third kappa shape index (κ3) is 4.07. The second-order valence-electron chi connectivity index (χ2n) is 4.72. The molecule has 0 radical (unpaired) electrons. The van der Waals surface area contributed by atoms with Crippen molar-refractivity contribution in [3.8, 4) is 0 Å². The molecular weight excluding hydrogens is 294 g/mol. The molecule has 0 atom stereocenters. The summed E-state index contributed by atoms with van der Waals surface area (Å²) < 4.78 is 1.52. The second kappa shape index (κ2) is 7.26.